The summed E-state index contributed by atoms with van der Waals surface area (Å²) in [5.41, 5.74) is 1.10. The lowest BCUT2D eigenvalue weighted by atomic mass is 10.1. The molecule has 1 unspecified atom stereocenters. The van der Waals surface area contributed by atoms with Crippen LogP contribution in [0.3, 0.4) is 0 Å². The summed E-state index contributed by atoms with van der Waals surface area (Å²) in [5, 5.41) is 15.4. The minimum Gasteiger partial charge on any atom is -0.480 e. The summed E-state index contributed by atoms with van der Waals surface area (Å²) < 4.78 is 5.23. The molecule has 6 nitrogen and oxygen atoms in total. The molecular weight excluding hydrogens is 260 g/mol. The summed E-state index contributed by atoms with van der Waals surface area (Å²) in [4.78, 5) is 23.3. The molecule has 0 saturated heterocycles. The molecule has 1 heterocycles. The standard InChI is InChI=1S/C14H20N2O4/c1-2-6-10(14(18)19)15-13(17)12-9-7-4-3-5-8-11(9)20-16-12/h10H,2-8H2,1H3,(H,15,17)(H,18,19). The predicted molar refractivity (Wildman–Crippen MR) is 71.6 cm³/mol. The Bertz CT molecular complexity index is 495. The van der Waals surface area contributed by atoms with Crippen LogP contribution in [0.4, 0.5) is 0 Å². The fourth-order valence-electron chi connectivity index (χ4n) is 2.51. The van der Waals surface area contributed by atoms with Crippen LogP contribution in [-0.4, -0.2) is 28.2 Å². The number of carboxylic acid groups (broad SMARTS) is 1. The second-order valence-electron chi connectivity index (χ2n) is 5.15. The Balaban J connectivity index is 2.13. The fourth-order valence-corrected chi connectivity index (χ4v) is 2.51. The van der Waals surface area contributed by atoms with E-state index in [1.807, 2.05) is 6.92 Å². The number of hydrogen-bond donors (Lipinski definition) is 2. The third-order valence-electron chi connectivity index (χ3n) is 3.60. The maximum absolute atomic E-state index is 12.2. The zero-order chi connectivity index (χ0) is 14.5. The number of carboxylic acids is 1. The molecule has 2 N–H and O–H groups in total. The van der Waals surface area contributed by atoms with Gasteiger partial charge in [0.1, 0.15) is 11.8 Å². The van der Waals surface area contributed by atoms with Crippen molar-refractivity contribution in [2.45, 2.75) is 57.9 Å². The van der Waals surface area contributed by atoms with Gasteiger partial charge in [0, 0.05) is 12.0 Å². The highest BCUT2D eigenvalue weighted by Gasteiger charge is 2.26. The monoisotopic (exact) mass is 280 g/mol. The fraction of sp³-hybridized carbons (Fsp3) is 0.643. The Morgan fingerprint density at radius 2 is 2.10 bits per heavy atom. The lowest BCUT2D eigenvalue weighted by molar-refractivity contribution is -0.139. The van der Waals surface area contributed by atoms with E-state index in [4.69, 9.17) is 9.63 Å². The van der Waals surface area contributed by atoms with Crippen LogP contribution in [0.1, 0.15) is 60.8 Å². The van der Waals surface area contributed by atoms with Crippen molar-refractivity contribution in [2.75, 3.05) is 0 Å². The summed E-state index contributed by atoms with van der Waals surface area (Å²) in [6.07, 6.45) is 5.82. The van der Waals surface area contributed by atoms with E-state index in [-0.39, 0.29) is 5.69 Å². The largest absolute Gasteiger partial charge is 0.480 e. The van der Waals surface area contributed by atoms with Crippen LogP contribution in [0.15, 0.2) is 4.52 Å². The van der Waals surface area contributed by atoms with E-state index in [2.05, 4.69) is 10.5 Å². The van der Waals surface area contributed by atoms with Crippen molar-refractivity contribution in [3.05, 3.63) is 17.0 Å². The van der Waals surface area contributed by atoms with E-state index in [9.17, 15) is 9.59 Å². The molecule has 1 aliphatic rings. The molecule has 1 aromatic heterocycles. The highest BCUT2D eigenvalue weighted by Crippen LogP contribution is 2.23. The Labute approximate surface area is 117 Å². The van der Waals surface area contributed by atoms with E-state index in [1.54, 1.807) is 0 Å². The summed E-state index contributed by atoms with van der Waals surface area (Å²) in [5.74, 6) is -0.692. The van der Waals surface area contributed by atoms with Crippen LogP contribution in [-0.2, 0) is 17.6 Å². The molecule has 0 radical (unpaired) electrons. The highest BCUT2D eigenvalue weighted by molar-refractivity contribution is 5.96. The number of amides is 1. The Kier molecular flexibility index (Phi) is 4.76. The molecule has 0 spiro atoms. The number of nitrogens with zero attached hydrogens (tertiary/aromatic N) is 1. The first-order valence-electron chi connectivity index (χ1n) is 7.14. The van der Waals surface area contributed by atoms with E-state index in [0.29, 0.717) is 12.8 Å². The van der Waals surface area contributed by atoms with Crippen molar-refractivity contribution in [3.63, 3.8) is 0 Å². The van der Waals surface area contributed by atoms with Gasteiger partial charge < -0.3 is 14.9 Å². The normalized spacial score (nSPS) is 16.1. The number of carbonyl (C=O) groups excluding carboxylic acids is 1. The molecule has 1 amide bonds. The van der Waals surface area contributed by atoms with E-state index in [0.717, 1.165) is 43.4 Å². The molecule has 2 rings (SSSR count). The van der Waals surface area contributed by atoms with Gasteiger partial charge in [0.25, 0.3) is 5.91 Å². The Hall–Kier alpha value is -1.85. The molecule has 0 aromatic carbocycles. The smallest absolute Gasteiger partial charge is 0.326 e. The summed E-state index contributed by atoms with van der Waals surface area (Å²) >= 11 is 0. The third kappa shape index (κ3) is 3.18. The molecular formula is C14H20N2O4. The van der Waals surface area contributed by atoms with E-state index in [1.165, 1.54) is 0 Å². The molecule has 0 saturated carbocycles. The molecule has 6 heteroatoms. The van der Waals surface area contributed by atoms with Gasteiger partial charge in [-0.05, 0) is 25.7 Å². The number of rotatable bonds is 5. The van der Waals surface area contributed by atoms with Crippen molar-refractivity contribution < 1.29 is 19.2 Å². The zero-order valence-corrected chi connectivity index (χ0v) is 11.6. The van der Waals surface area contributed by atoms with Crippen molar-refractivity contribution >= 4 is 11.9 Å². The van der Waals surface area contributed by atoms with Crippen LogP contribution >= 0.6 is 0 Å². The summed E-state index contributed by atoms with van der Waals surface area (Å²) in [6, 6.07) is -0.870. The summed E-state index contributed by atoms with van der Waals surface area (Å²) in [7, 11) is 0. The first-order chi connectivity index (χ1) is 9.63. The van der Waals surface area contributed by atoms with Crippen molar-refractivity contribution in [1.29, 1.82) is 0 Å². The van der Waals surface area contributed by atoms with Crippen LogP contribution in [0.5, 0.6) is 0 Å². The molecule has 1 atom stereocenters. The molecule has 110 valence electrons. The number of aryl methyl sites for hydroxylation is 1. The van der Waals surface area contributed by atoms with Crippen LogP contribution in [0, 0.1) is 0 Å². The topological polar surface area (TPSA) is 92.4 Å². The zero-order valence-electron chi connectivity index (χ0n) is 11.6. The first-order valence-corrected chi connectivity index (χ1v) is 7.14. The SMILES string of the molecule is CCCC(NC(=O)c1noc2c1CCCCC2)C(=O)O. The van der Waals surface area contributed by atoms with Gasteiger partial charge in [-0.2, -0.15) is 0 Å². The number of fused-ring (bicyclic) bond motifs is 1. The highest BCUT2D eigenvalue weighted by atomic mass is 16.5. The van der Waals surface area contributed by atoms with Gasteiger partial charge >= 0.3 is 5.97 Å². The average molecular weight is 280 g/mol. The van der Waals surface area contributed by atoms with Gasteiger partial charge in [-0.25, -0.2) is 4.79 Å². The van der Waals surface area contributed by atoms with Gasteiger partial charge in [-0.1, -0.05) is 24.9 Å². The predicted octanol–water partition coefficient (Wildman–Crippen LogP) is 1.93. The number of hydrogen-bond acceptors (Lipinski definition) is 4. The maximum Gasteiger partial charge on any atom is 0.326 e. The first kappa shape index (κ1) is 14.6. The second kappa shape index (κ2) is 6.54. The third-order valence-corrected chi connectivity index (χ3v) is 3.60. The van der Waals surface area contributed by atoms with Gasteiger partial charge in [-0.3, -0.25) is 4.79 Å². The molecule has 1 aromatic rings. The van der Waals surface area contributed by atoms with Gasteiger partial charge in [0.2, 0.25) is 0 Å². The maximum atomic E-state index is 12.2. The van der Waals surface area contributed by atoms with Crippen molar-refractivity contribution in [1.82, 2.24) is 10.5 Å². The van der Waals surface area contributed by atoms with E-state index < -0.39 is 17.9 Å². The second-order valence-corrected chi connectivity index (χ2v) is 5.15. The lowest BCUT2D eigenvalue weighted by Gasteiger charge is -2.12. The minimum atomic E-state index is -1.02. The summed E-state index contributed by atoms with van der Waals surface area (Å²) in [6.45, 7) is 1.88. The number of carbonyl (C=O) groups is 2. The molecule has 0 bridgehead atoms. The van der Waals surface area contributed by atoms with Crippen LogP contribution in [0.2, 0.25) is 0 Å². The Morgan fingerprint density at radius 3 is 2.80 bits per heavy atom. The molecule has 1 aliphatic carbocycles. The molecule has 20 heavy (non-hydrogen) atoms. The van der Waals surface area contributed by atoms with Crippen LogP contribution < -0.4 is 5.32 Å². The van der Waals surface area contributed by atoms with Crippen molar-refractivity contribution in [2.24, 2.45) is 0 Å². The van der Waals surface area contributed by atoms with Crippen LogP contribution in [0.25, 0.3) is 0 Å². The minimum absolute atomic E-state index is 0.254. The molecule has 0 fully saturated rings. The van der Waals surface area contributed by atoms with Crippen molar-refractivity contribution in [3.8, 4) is 0 Å². The Morgan fingerprint density at radius 1 is 1.35 bits per heavy atom. The number of aromatic nitrogens is 1. The van der Waals surface area contributed by atoms with Gasteiger partial charge in [0.15, 0.2) is 5.69 Å². The quantitative estimate of drug-likeness (QED) is 0.804. The van der Waals surface area contributed by atoms with E-state index >= 15 is 0 Å². The van der Waals surface area contributed by atoms with Gasteiger partial charge in [-0.15, -0.1) is 0 Å². The average Bonchev–Trinajstić information content (AvgIpc) is 2.67. The lowest BCUT2D eigenvalue weighted by Crippen LogP contribution is -2.41. The van der Waals surface area contributed by atoms with Gasteiger partial charge in [0.05, 0.1) is 0 Å². The molecule has 0 aliphatic heterocycles. The number of nitrogens with one attached hydrogen (secondary N) is 1. The number of aliphatic carboxylic acids is 1.